The van der Waals surface area contributed by atoms with Crippen molar-refractivity contribution >= 4 is 17.2 Å². The number of nitrogens with one attached hydrogen (secondary N) is 2. The van der Waals surface area contributed by atoms with Crippen LogP contribution in [0.3, 0.4) is 0 Å². The molecule has 18 heavy (non-hydrogen) atoms. The molecule has 0 aliphatic carbocycles. The fourth-order valence-electron chi connectivity index (χ4n) is 2.13. The number of carbonyl (C=O) groups is 1. The second-order valence-electron chi connectivity index (χ2n) is 4.45. The molecular formula is C14H20N2OS. The van der Waals surface area contributed by atoms with Crippen LogP contribution in [0.1, 0.15) is 35.0 Å². The van der Waals surface area contributed by atoms with E-state index < -0.39 is 0 Å². The molecule has 2 rings (SSSR count). The monoisotopic (exact) mass is 264 g/mol. The first-order valence-electron chi connectivity index (χ1n) is 6.54. The van der Waals surface area contributed by atoms with Crippen LogP contribution in [-0.4, -0.2) is 25.5 Å². The van der Waals surface area contributed by atoms with E-state index in [4.69, 9.17) is 0 Å². The van der Waals surface area contributed by atoms with E-state index in [0.29, 0.717) is 0 Å². The van der Waals surface area contributed by atoms with Gasteiger partial charge < -0.3 is 10.6 Å². The van der Waals surface area contributed by atoms with Crippen molar-refractivity contribution in [2.24, 2.45) is 0 Å². The third kappa shape index (κ3) is 3.43. The van der Waals surface area contributed by atoms with E-state index in [0.717, 1.165) is 49.3 Å². The van der Waals surface area contributed by atoms with Crippen LogP contribution in [0, 0.1) is 0 Å². The summed E-state index contributed by atoms with van der Waals surface area (Å²) in [5.74, 6) is 0.0800. The highest BCUT2D eigenvalue weighted by Gasteiger charge is 2.11. The maximum atomic E-state index is 12.0. The van der Waals surface area contributed by atoms with Crippen molar-refractivity contribution < 1.29 is 4.79 Å². The average Bonchev–Trinajstić information content (AvgIpc) is 2.88. The Morgan fingerprint density at radius 2 is 2.44 bits per heavy atom. The summed E-state index contributed by atoms with van der Waals surface area (Å²) in [7, 11) is 0. The first kappa shape index (κ1) is 13.3. The van der Waals surface area contributed by atoms with Crippen LogP contribution in [0.4, 0.5) is 0 Å². The highest BCUT2D eigenvalue weighted by atomic mass is 32.1. The Bertz CT molecular complexity index is 437. The standard InChI is InChI=1S/C14H20N2OS/c1-2-12-6-10-18-13(12)14(17)16-9-5-11-3-7-15-8-4-11/h3,6,10,15H,2,4-5,7-9H2,1H3,(H,16,17). The Hall–Kier alpha value is -1.13. The average molecular weight is 264 g/mol. The van der Waals surface area contributed by atoms with Gasteiger partial charge in [0.2, 0.25) is 0 Å². The molecule has 0 unspecified atom stereocenters. The number of aryl methyl sites for hydroxylation is 1. The molecule has 1 aliphatic heterocycles. The fourth-order valence-corrected chi connectivity index (χ4v) is 3.04. The molecule has 1 aromatic rings. The maximum absolute atomic E-state index is 12.0. The van der Waals surface area contributed by atoms with Gasteiger partial charge in [0.1, 0.15) is 0 Å². The van der Waals surface area contributed by atoms with Gasteiger partial charge in [-0.2, -0.15) is 0 Å². The molecule has 1 aliphatic rings. The minimum Gasteiger partial charge on any atom is -0.351 e. The zero-order chi connectivity index (χ0) is 12.8. The summed E-state index contributed by atoms with van der Waals surface area (Å²) in [6.45, 7) is 4.85. The van der Waals surface area contributed by atoms with E-state index in [-0.39, 0.29) is 5.91 Å². The topological polar surface area (TPSA) is 41.1 Å². The van der Waals surface area contributed by atoms with Crippen LogP contribution in [-0.2, 0) is 6.42 Å². The van der Waals surface area contributed by atoms with Gasteiger partial charge in [-0.25, -0.2) is 0 Å². The first-order valence-corrected chi connectivity index (χ1v) is 7.42. The van der Waals surface area contributed by atoms with E-state index in [2.05, 4.69) is 23.6 Å². The second-order valence-corrected chi connectivity index (χ2v) is 5.37. The zero-order valence-electron chi connectivity index (χ0n) is 10.8. The van der Waals surface area contributed by atoms with Crippen LogP contribution in [0.15, 0.2) is 23.1 Å². The summed E-state index contributed by atoms with van der Waals surface area (Å²) < 4.78 is 0. The highest BCUT2D eigenvalue weighted by Crippen LogP contribution is 2.17. The fraction of sp³-hybridized carbons (Fsp3) is 0.500. The van der Waals surface area contributed by atoms with Crippen LogP contribution in [0.5, 0.6) is 0 Å². The van der Waals surface area contributed by atoms with Crippen molar-refractivity contribution in [3.05, 3.63) is 33.5 Å². The number of amides is 1. The van der Waals surface area contributed by atoms with Gasteiger partial charge >= 0.3 is 0 Å². The largest absolute Gasteiger partial charge is 0.351 e. The molecule has 1 amide bonds. The van der Waals surface area contributed by atoms with Crippen molar-refractivity contribution in [1.29, 1.82) is 0 Å². The van der Waals surface area contributed by atoms with E-state index in [1.807, 2.05) is 11.4 Å². The molecular weight excluding hydrogens is 244 g/mol. The number of thiophene rings is 1. The predicted octanol–water partition coefficient (Wildman–Crippen LogP) is 2.35. The van der Waals surface area contributed by atoms with Crippen LogP contribution < -0.4 is 10.6 Å². The van der Waals surface area contributed by atoms with Gasteiger partial charge in [-0.05, 0) is 42.8 Å². The van der Waals surface area contributed by atoms with Crippen molar-refractivity contribution in [2.75, 3.05) is 19.6 Å². The van der Waals surface area contributed by atoms with E-state index >= 15 is 0 Å². The summed E-state index contributed by atoms with van der Waals surface area (Å²) in [6, 6.07) is 2.04. The van der Waals surface area contributed by atoms with Crippen molar-refractivity contribution in [1.82, 2.24) is 10.6 Å². The smallest absolute Gasteiger partial charge is 0.261 e. The van der Waals surface area contributed by atoms with Crippen LogP contribution in [0.25, 0.3) is 0 Å². The Balaban J connectivity index is 1.80. The van der Waals surface area contributed by atoms with Crippen molar-refractivity contribution in [3.63, 3.8) is 0 Å². The van der Waals surface area contributed by atoms with Crippen molar-refractivity contribution in [3.8, 4) is 0 Å². The van der Waals surface area contributed by atoms with Gasteiger partial charge in [-0.1, -0.05) is 18.6 Å². The highest BCUT2D eigenvalue weighted by molar-refractivity contribution is 7.12. The molecule has 2 heterocycles. The Labute approximate surface area is 112 Å². The molecule has 0 bridgehead atoms. The summed E-state index contributed by atoms with van der Waals surface area (Å²) in [6.07, 6.45) is 5.23. The molecule has 0 radical (unpaired) electrons. The SMILES string of the molecule is CCc1ccsc1C(=O)NCCC1=CCNCC1. The molecule has 1 aromatic heterocycles. The van der Waals surface area contributed by atoms with E-state index in [9.17, 15) is 4.79 Å². The molecule has 0 aromatic carbocycles. The minimum atomic E-state index is 0.0800. The summed E-state index contributed by atoms with van der Waals surface area (Å²) in [5.41, 5.74) is 2.61. The number of carbonyl (C=O) groups excluding carboxylic acids is 1. The molecule has 98 valence electrons. The quantitative estimate of drug-likeness (QED) is 0.802. The van der Waals surface area contributed by atoms with Gasteiger partial charge in [0.05, 0.1) is 4.88 Å². The van der Waals surface area contributed by atoms with E-state index in [1.165, 1.54) is 16.9 Å². The zero-order valence-corrected chi connectivity index (χ0v) is 11.6. The number of hydrogen-bond donors (Lipinski definition) is 2. The van der Waals surface area contributed by atoms with Gasteiger partial charge in [0, 0.05) is 13.1 Å². The lowest BCUT2D eigenvalue weighted by Gasteiger charge is -2.14. The van der Waals surface area contributed by atoms with E-state index in [1.54, 1.807) is 0 Å². The van der Waals surface area contributed by atoms with Crippen LogP contribution in [0.2, 0.25) is 0 Å². The maximum Gasteiger partial charge on any atom is 0.261 e. The van der Waals surface area contributed by atoms with Gasteiger partial charge in [0.25, 0.3) is 5.91 Å². The normalized spacial score (nSPS) is 15.3. The summed E-state index contributed by atoms with van der Waals surface area (Å²) in [5, 5.41) is 8.30. The summed E-state index contributed by atoms with van der Waals surface area (Å²) in [4.78, 5) is 12.9. The lowest BCUT2D eigenvalue weighted by atomic mass is 10.1. The van der Waals surface area contributed by atoms with Gasteiger partial charge in [-0.15, -0.1) is 11.3 Å². The molecule has 0 spiro atoms. The summed E-state index contributed by atoms with van der Waals surface area (Å²) >= 11 is 1.53. The Morgan fingerprint density at radius 3 is 3.17 bits per heavy atom. The molecule has 4 heteroatoms. The Morgan fingerprint density at radius 1 is 1.56 bits per heavy atom. The number of rotatable bonds is 5. The Kier molecular flexibility index (Phi) is 4.96. The minimum absolute atomic E-state index is 0.0800. The van der Waals surface area contributed by atoms with Gasteiger partial charge in [0.15, 0.2) is 0 Å². The van der Waals surface area contributed by atoms with Crippen LogP contribution >= 0.6 is 11.3 Å². The molecule has 2 N–H and O–H groups in total. The predicted molar refractivity (Wildman–Crippen MR) is 76.2 cm³/mol. The third-order valence-corrected chi connectivity index (χ3v) is 4.18. The number of hydrogen-bond acceptors (Lipinski definition) is 3. The lowest BCUT2D eigenvalue weighted by Crippen LogP contribution is -2.26. The molecule has 0 atom stereocenters. The third-order valence-electron chi connectivity index (χ3n) is 3.22. The molecule has 0 saturated heterocycles. The second kappa shape index (κ2) is 6.71. The van der Waals surface area contributed by atoms with Crippen molar-refractivity contribution in [2.45, 2.75) is 26.2 Å². The molecule has 3 nitrogen and oxygen atoms in total. The molecule has 0 saturated carbocycles. The lowest BCUT2D eigenvalue weighted by molar-refractivity contribution is 0.0957. The first-order chi connectivity index (χ1) is 8.81. The van der Waals surface area contributed by atoms with Gasteiger partial charge in [-0.3, -0.25) is 4.79 Å². The molecule has 0 fully saturated rings.